The maximum absolute atomic E-state index is 7.13. The minimum Gasteiger partial charge on any atom is -0.464 e. The van der Waals surface area contributed by atoms with Gasteiger partial charge in [-0.15, -0.1) is 0 Å². The molecule has 3 rings (SSSR count). The lowest BCUT2D eigenvalue weighted by molar-refractivity contribution is 0.497. The highest BCUT2D eigenvalue weighted by atomic mass is 31.1. The summed E-state index contributed by atoms with van der Waals surface area (Å²) in [6.07, 6.45) is 0. The molecule has 0 saturated carbocycles. The molecule has 2 heteroatoms. The summed E-state index contributed by atoms with van der Waals surface area (Å²) in [5, 5.41) is 2.46. The van der Waals surface area contributed by atoms with Gasteiger partial charge >= 0.3 is 0 Å². The van der Waals surface area contributed by atoms with E-state index in [2.05, 4.69) is 135 Å². The maximum atomic E-state index is 7.13. The first-order valence-electron chi connectivity index (χ1n) is 11.6. The number of benzene rings is 3. The topological polar surface area (TPSA) is 9.23 Å². The Labute approximate surface area is 197 Å². The lowest BCUT2D eigenvalue weighted by Gasteiger charge is -2.34. The van der Waals surface area contributed by atoms with Crippen LogP contribution in [0.4, 0.5) is 0 Å². The summed E-state index contributed by atoms with van der Waals surface area (Å²) in [7, 11) is -0.992. The van der Waals surface area contributed by atoms with E-state index in [0.29, 0.717) is 0 Å². The second-order valence-electron chi connectivity index (χ2n) is 11.7. The van der Waals surface area contributed by atoms with Gasteiger partial charge in [0.1, 0.15) is 5.75 Å². The SMILES string of the molecule is CC(C)(C)c1cc(C(C)(C)C)c(OP(c2ccccc2)c2ccccc2)c(C(C)(C)C)c1. The summed E-state index contributed by atoms with van der Waals surface area (Å²) < 4.78 is 7.13. The van der Waals surface area contributed by atoms with Crippen molar-refractivity contribution < 1.29 is 4.52 Å². The first-order valence-corrected chi connectivity index (χ1v) is 12.8. The fraction of sp³-hybridized carbons (Fsp3) is 0.400. The minimum atomic E-state index is -0.992. The van der Waals surface area contributed by atoms with Gasteiger partial charge in [0.2, 0.25) is 0 Å². The molecule has 170 valence electrons. The van der Waals surface area contributed by atoms with Crippen LogP contribution in [0.25, 0.3) is 0 Å². The molecule has 0 N–H and O–H groups in total. The molecule has 3 aromatic rings. The van der Waals surface area contributed by atoms with Crippen molar-refractivity contribution in [3.8, 4) is 5.75 Å². The van der Waals surface area contributed by atoms with Gasteiger partial charge in [-0.1, -0.05) is 135 Å². The predicted octanol–water partition coefficient (Wildman–Crippen LogP) is 8.01. The van der Waals surface area contributed by atoms with Crippen LogP contribution in [0.1, 0.15) is 79.0 Å². The highest BCUT2D eigenvalue weighted by molar-refractivity contribution is 7.68. The largest absolute Gasteiger partial charge is 0.464 e. The van der Waals surface area contributed by atoms with Crippen LogP contribution in [0, 0.1) is 0 Å². The summed E-state index contributed by atoms with van der Waals surface area (Å²) in [6, 6.07) is 26.1. The summed E-state index contributed by atoms with van der Waals surface area (Å²) in [4.78, 5) is 0. The summed E-state index contributed by atoms with van der Waals surface area (Å²) in [6.45, 7) is 20.6. The third kappa shape index (κ3) is 5.62. The Morgan fingerprint density at radius 1 is 0.531 bits per heavy atom. The monoisotopic (exact) mass is 446 g/mol. The van der Waals surface area contributed by atoms with E-state index in [1.807, 2.05) is 0 Å². The Morgan fingerprint density at radius 3 is 1.22 bits per heavy atom. The lowest BCUT2D eigenvalue weighted by Crippen LogP contribution is -2.24. The number of hydrogen-bond donors (Lipinski definition) is 0. The molecule has 0 unspecified atom stereocenters. The fourth-order valence-corrected chi connectivity index (χ4v) is 5.52. The van der Waals surface area contributed by atoms with Gasteiger partial charge in [-0.2, -0.15) is 0 Å². The zero-order chi connectivity index (χ0) is 23.7. The first-order chi connectivity index (χ1) is 14.8. The molecule has 0 spiro atoms. The molecule has 0 bridgehead atoms. The van der Waals surface area contributed by atoms with Crippen molar-refractivity contribution in [2.75, 3.05) is 0 Å². The van der Waals surface area contributed by atoms with Gasteiger partial charge in [0.05, 0.1) is 0 Å². The first kappa shape index (κ1) is 24.5. The van der Waals surface area contributed by atoms with Crippen LogP contribution in [0.5, 0.6) is 5.75 Å². The van der Waals surface area contributed by atoms with Gasteiger partial charge in [-0.05, 0) is 21.8 Å². The van der Waals surface area contributed by atoms with Crippen molar-refractivity contribution in [3.63, 3.8) is 0 Å². The van der Waals surface area contributed by atoms with Crippen LogP contribution < -0.4 is 15.1 Å². The standard InChI is InChI=1S/C30H39OP/c1-28(2,3)22-20-25(29(4,5)6)27(26(21-22)30(7,8)9)31-32(23-16-12-10-13-17-23)24-18-14-11-15-19-24/h10-21H,1-9H3. The zero-order valence-corrected chi connectivity index (χ0v) is 22.2. The molecule has 0 aliphatic carbocycles. The van der Waals surface area contributed by atoms with Crippen molar-refractivity contribution in [3.05, 3.63) is 89.5 Å². The average Bonchev–Trinajstić information content (AvgIpc) is 2.70. The van der Waals surface area contributed by atoms with Crippen LogP contribution in [-0.4, -0.2) is 0 Å². The Balaban J connectivity index is 2.29. The van der Waals surface area contributed by atoms with Gasteiger partial charge < -0.3 is 4.52 Å². The van der Waals surface area contributed by atoms with Gasteiger partial charge in [0.25, 0.3) is 0 Å². The van der Waals surface area contributed by atoms with Crippen LogP contribution in [0.2, 0.25) is 0 Å². The van der Waals surface area contributed by atoms with E-state index < -0.39 is 8.15 Å². The van der Waals surface area contributed by atoms with E-state index in [4.69, 9.17) is 4.52 Å². The molecule has 0 saturated heterocycles. The Kier molecular flexibility index (Phi) is 6.92. The second kappa shape index (κ2) is 9.03. The molecule has 0 radical (unpaired) electrons. The third-order valence-corrected chi connectivity index (χ3v) is 7.63. The van der Waals surface area contributed by atoms with E-state index in [1.54, 1.807) is 0 Å². The van der Waals surface area contributed by atoms with E-state index >= 15 is 0 Å². The molecular formula is C30H39OP. The zero-order valence-electron chi connectivity index (χ0n) is 21.3. The fourth-order valence-electron chi connectivity index (χ4n) is 3.75. The molecule has 0 aromatic heterocycles. The molecular weight excluding hydrogens is 407 g/mol. The molecule has 0 aliphatic heterocycles. The molecule has 0 aliphatic rings. The van der Waals surface area contributed by atoms with Crippen molar-refractivity contribution in [1.82, 2.24) is 0 Å². The molecule has 0 heterocycles. The van der Waals surface area contributed by atoms with Crippen molar-refractivity contribution in [2.24, 2.45) is 0 Å². The molecule has 1 nitrogen and oxygen atoms in total. The van der Waals surface area contributed by atoms with Crippen molar-refractivity contribution in [2.45, 2.75) is 78.6 Å². The second-order valence-corrected chi connectivity index (χ2v) is 13.5. The van der Waals surface area contributed by atoms with Gasteiger partial charge in [-0.25, -0.2) is 0 Å². The maximum Gasteiger partial charge on any atom is 0.150 e. The number of rotatable bonds is 4. The van der Waals surface area contributed by atoms with Crippen LogP contribution in [0.3, 0.4) is 0 Å². The summed E-state index contributed by atoms with van der Waals surface area (Å²) in [5.41, 5.74) is 3.94. The predicted molar refractivity (Wildman–Crippen MR) is 142 cm³/mol. The Hall–Kier alpha value is -2.11. The third-order valence-electron chi connectivity index (χ3n) is 5.73. The van der Waals surface area contributed by atoms with E-state index in [9.17, 15) is 0 Å². The van der Waals surface area contributed by atoms with Gasteiger partial charge in [-0.3, -0.25) is 0 Å². The summed E-state index contributed by atoms with van der Waals surface area (Å²) in [5.74, 6) is 1.05. The van der Waals surface area contributed by atoms with E-state index in [0.717, 1.165) is 5.75 Å². The number of hydrogen-bond acceptors (Lipinski definition) is 1. The van der Waals surface area contributed by atoms with E-state index in [-0.39, 0.29) is 16.2 Å². The van der Waals surface area contributed by atoms with Crippen molar-refractivity contribution >= 4 is 18.8 Å². The highest BCUT2D eigenvalue weighted by Gasteiger charge is 2.32. The smallest absolute Gasteiger partial charge is 0.150 e. The molecule has 3 aromatic carbocycles. The minimum absolute atomic E-state index is 0.0367. The summed E-state index contributed by atoms with van der Waals surface area (Å²) >= 11 is 0. The normalized spacial score (nSPS) is 12.8. The average molecular weight is 447 g/mol. The highest BCUT2D eigenvalue weighted by Crippen LogP contribution is 2.48. The molecule has 32 heavy (non-hydrogen) atoms. The van der Waals surface area contributed by atoms with Crippen LogP contribution in [0.15, 0.2) is 72.8 Å². The Morgan fingerprint density at radius 2 is 0.906 bits per heavy atom. The van der Waals surface area contributed by atoms with Gasteiger partial charge in [0, 0.05) is 21.7 Å². The van der Waals surface area contributed by atoms with Crippen LogP contribution in [-0.2, 0) is 16.2 Å². The van der Waals surface area contributed by atoms with E-state index in [1.165, 1.54) is 27.3 Å². The van der Waals surface area contributed by atoms with Crippen LogP contribution >= 0.6 is 8.15 Å². The molecule has 0 atom stereocenters. The van der Waals surface area contributed by atoms with Gasteiger partial charge in [0.15, 0.2) is 8.15 Å². The quantitative estimate of drug-likeness (QED) is 0.369. The molecule has 0 fully saturated rings. The lowest BCUT2D eigenvalue weighted by atomic mass is 9.75. The van der Waals surface area contributed by atoms with Crippen molar-refractivity contribution in [1.29, 1.82) is 0 Å². The molecule has 0 amide bonds. The Bertz CT molecular complexity index is 958.